The number of hydrogen-bond acceptors (Lipinski definition) is 6. The van der Waals surface area contributed by atoms with Gasteiger partial charge in [0.2, 0.25) is 5.91 Å². The van der Waals surface area contributed by atoms with Crippen LogP contribution in [0.4, 0.5) is 10.2 Å². The lowest BCUT2D eigenvalue weighted by atomic mass is 10.2. The van der Waals surface area contributed by atoms with Crippen molar-refractivity contribution < 1.29 is 9.18 Å². The smallest absolute Gasteiger partial charge is 0.236 e. The van der Waals surface area contributed by atoms with E-state index in [9.17, 15) is 9.18 Å². The van der Waals surface area contributed by atoms with E-state index in [-0.39, 0.29) is 11.7 Å². The predicted molar refractivity (Wildman–Crippen MR) is 110 cm³/mol. The van der Waals surface area contributed by atoms with Gasteiger partial charge in [-0.2, -0.15) is 0 Å². The summed E-state index contributed by atoms with van der Waals surface area (Å²) in [7, 11) is 3.57. The number of fused-ring (bicyclic) bond motifs is 1. The lowest BCUT2D eigenvalue weighted by Crippen LogP contribution is -2.49. The molecular formula is C20H22FN5OS. The molecule has 0 atom stereocenters. The molecule has 3 heterocycles. The summed E-state index contributed by atoms with van der Waals surface area (Å²) in [4.78, 5) is 28.0. The van der Waals surface area contributed by atoms with Crippen molar-refractivity contribution >= 4 is 33.3 Å². The van der Waals surface area contributed by atoms with E-state index in [1.807, 2.05) is 6.07 Å². The summed E-state index contributed by atoms with van der Waals surface area (Å²) in [6.07, 6.45) is 1.60. The number of rotatable bonds is 4. The van der Waals surface area contributed by atoms with Crippen molar-refractivity contribution in [2.45, 2.75) is 0 Å². The van der Waals surface area contributed by atoms with Crippen molar-refractivity contribution in [2.75, 3.05) is 51.7 Å². The van der Waals surface area contributed by atoms with Crippen LogP contribution < -0.4 is 4.90 Å². The quantitative estimate of drug-likeness (QED) is 0.675. The van der Waals surface area contributed by atoms with Crippen LogP contribution in [0.2, 0.25) is 0 Å². The average Bonchev–Trinajstić information content (AvgIpc) is 3.13. The van der Waals surface area contributed by atoms with E-state index >= 15 is 0 Å². The van der Waals surface area contributed by atoms with Gasteiger partial charge in [0.1, 0.15) is 18.0 Å². The number of anilines is 1. The summed E-state index contributed by atoms with van der Waals surface area (Å²) in [6, 6.07) is 8.55. The van der Waals surface area contributed by atoms with Gasteiger partial charge in [-0.25, -0.2) is 14.4 Å². The summed E-state index contributed by atoms with van der Waals surface area (Å²) in [5.41, 5.74) is 1.88. The second-order valence-corrected chi connectivity index (χ2v) is 8.13. The zero-order valence-electron chi connectivity index (χ0n) is 15.9. The Hall–Kier alpha value is -2.58. The fourth-order valence-electron chi connectivity index (χ4n) is 3.27. The third-order valence-electron chi connectivity index (χ3n) is 4.95. The molecule has 1 aliphatic rings. The number of likely N-dealkylation sites (N-methyl/N-ethyl adjacent to an activating group) is 1. The molecule has 8 heteroatoms. The Morgan fingerprint density at radius 3 is 2.54 bits per heavy atom. The van der Waals surface area contributed by atoms with Crippen molar-refractivity contribution in [1.82, 2.24) is 19.8 Å². The monoisotopic (exact) mass is 399 g/mol. The number of halogens is 1. The number of aromatic nitrogens is 2. The first-order valence-corrected chi connectivity index (χ1v) is 10.0. The van der Waals surface area contributed by atoms with Gasteiger partial charge in [-0.05, 0) is 23.8 Å². The number of carbonyl (C=O) groups is 1. The summed E-state index contributed by atoms with van der Waals surface area (Å²) >= 11 is 1.63. The van der Waals surface area contributed by atoms with Crippen LogP contribution in [0.5, 0.6) is 0 Å². The number of hydrogen-bond donors (Lipinski definition) is 0. The van der Waals surface area contributed by atoms with Gasteiger partial charge in [0.15, 0.2) is 0 Å². The predicted octanol–water partition coefficient (Wildman–Crippen LogP) is 2.71. The van der Waals surface area contributed by atoms with Crippen molar-refractivity contribution in [3.05, 3.63) is 42.5 Å². The largest absolute Gasteiger partial charge is 0.353 e. The molecule has 0 radical (unpaired) electrons. The molecule has 2 aromatic heterocycles. The lowest BCUT2D eigenvalue weighted by Gasteiger charge is -2.35. The molecule has 1 amide bonds. The molecule has 4 rings (SSSR count). The lowest BCUT2D eigenvalue weighted by molar-refractivity contribution is -0.129. The molecule has 0 spiro atoms. The second-order valence-electron chi connectivity index (χ2n) is 7.08. The van der Waals surface area contributed by atoms with Gasteiger partial charge in [-0.15, -0.1) is 11.3 Å². The minimum absolute atomic E-state index is 0.125. The Morgan fingerprint density at radius 1 is 1.14 bits per heavy atom. The number of nitrogens with zero attached hydrogens (tertiary/aromatic N) is 5. The standard InChI is InChI=1S/C20H22FN5OS/c1-24(2)18(27)12-25-7-9-26(10-8-25)20-19-16(22-13-23-20)11-17(28-19)14-3-5-15(21)6-4-14/h3-6,11,13H,7-10,12H2,1-2H3. The highest BCUT2D eigenvalue weighted by molar-refractivity contribution is 7.22. The maximum Gasteiger partial charge on any atom is 0.236 e. The van der Waals surface area contributed by atoms with E-state index < -0.39 is 0 Å². The van der Waals surface area contributed by atoms with Crippen LogP contribution in [0.25, 0.3) is 20.7 Å². The molecule has 0 saturated carbocycles. The summed E-state index contributed by atoms with van der Waals surface area (Å²) < 4.78 is 14.3. The number of amides is 1. The van der Waals surface area contributed by atoms with E-state index in [1.165, 1.54) is 12.1 Å². The van der Waals surface area contributed by atoms with Gasteiger partial charge in [0, 0.05) is 45.2 Å². The van der Waals surface area contributed by atoms with Gasteiger partial charge >= 0.3 is 0 Å². The average molecular weight is 399 g/mol. The molecule has 1 saturated heterocycles. The highest BCUT2D eigenvalue weighted by atomic mass is 32.1. The van der Waals surface area contributed by atoms with Gasteiger partial charge in [-0.1, -0.05) is 12.1 Å². The summed E-state index contributed by atoms with van der Waals surface area (Å²) in [5, 5.41) is 0. The molecule has 3 aromatic rings. The number of thiophene rings is 1. The van der Waals surface area contributed by atoms with Gasteiger partial charge in [-0.3, -0.25) is 9.69 Å². The highest BCUT2D eigenvalue weighted by Gasteiger charge is 2.23. The molecule has 0 unspecified atom stereocenters. The number of piperazine rings is 1. The zero-order valence-corrected chi connectivity index (χ0v) is 16.7. The molecule has 1 aliphatic heterocycles. The molecule has 146 valence electrons. The Kier molecular flexibility index (Phi) is 5.23. The third kappa shape index (κ3) is 3.83. The van der Waals surface area contributed by atoms with Crippen LogP contribution in [-0.2, 0) is 4.79 Å². The van der Waals surface area contributed by atoms with Crippen LogP contribution >= 0.6 is 11.3 Å². The Morgan fingerprint density at radius 2 is 1.86 bits per heavy atom. The van der Waals surface area contributed by atoms with Gasteiger partial charge < -0.3 is 9.80 Å². The normalized spacial score (nSPS) is 15.2. The summed E-state index contributed by atoms with van der Waals surface area (Å²) in [5.74, 6) is 0.818. The fourth-order valence-corrected chi connectivity index (χ4v) is 4.41. The van der Waals surface area contributed by atoms with Crippen LogP contribution in [0.3, 0.4) is 0 Å². The van der Waals surface area contributed by atoms with E-state index in [0.29, 0.717) is 6.54 Å². The third-order valence-corrected chi connectivity index (χ3v) is 6.12. The van der Waals surface area contributed by atoms with Crippen LogP contribution in [0, 0.1) is 5.82 Å². The Labute approximate surface area is 167 Å². The van der Waals surface area contributed by atoms with Gasteiger partial charge in [0.25, 0.3) is 0 Å². The van der Waals surface area contributed by atoms with E-state index in [2.05, 4.69) is 19.8 Å². The molecular weight excluding hydrogens is 377 g/mol. The minimum atomic E-state index is -0.240. The first-order valence-electron chi connectivity index (χ1n) is 9.19. The summed E-state index contributed by atoms with van der Waals surface area (Å²) in [6.45, 7) is 3.73. The van der Waals surface area contributed by atoms with Crippen LogP contribution in [0.15, 0.2) is 36.7 Å². The van der Waals surface area contributed by atoms with E-state index in [0.717, 1.165) is 52.7 Å². The fraction of sp³-hybridized carbons (Fsp3) is 0.350. The minimum Gasteiger partial charge on any atom is -0.353 e. The Balaban J connectivity index is 1.53. The van der Waals surface area contributed by atoms with Crippen molar-refractivity contribution in [3.8, 4) is 10.4 Å². The maximum atomic E-state index is 13.2. The first-order chi connectivity index (χ1) is 13.5. The molecule has 6 nitrogen and oxygen atoms in total. The molecule has 0 aliphatic carbocycles. The number of benzene rings is 1. The second kappa shape index (κ2) is 7.81. The van der Waals surface area contributed by atoms with Crippen molar-refractivity contribution in [1.29, 1.82) is 0 Å². The van der Waals surface area contributed by atoms with Gasteiger partial charge in [0.05, 0.1) is 16.8 Å². The van der Waals surface area contributed by atoms with E-state index in [1.54, 1.807) is 48.8 Å². The molecule has 0 N–H and O–H groups in total. The van der Waals surface area contributed by atoms with Crippen molar-refractivity contribution in [3.63, 3.8) is 0 Å². The molecule has 0 bridgehead atoms. The Bertz CT molecular complexity index is 980. The van der Waals surface area contributed by atoms with E-state index in [4.69, 9.17) is 0 Å². The van der Waals surface area contributed by atoms with Crippen LogP contribution in [-0.4, -0.2) is 72.5 Å². The number of carbonyl (C=O) groups excluding carboxylic acids is 1. The SMILES string of the molecule is CN(C)C(=O)CN1CCN(c2ncnc3cc(-c4ccc(F)cc4)sc23)CC1. The topological polar surface area (TPSA) is 52.6 Å². The highest BCUT2D eigenvalue weighted by Crippen LogP contribution is 2.37. The molecule has 28 heavy (non-hydrogen) atoms. The van der Waals surface area contributed by atoms with Crippen LogP contribution in [0.1, 0.15) is 0 Å². The molecule has 1 aromatic carbocycles. The maximum absolute atomic E-state index is 13.2. The molecule has 1 fully saturated rings. The zero-order chi connectivity index (χ0) is 19.7. The first kappa shape index (κ1) is 18.8. The van der Waals surface area contributed by atoms with Crippen molar-refractivity contribution in [2.24, 2.45) is 0 Å².